The molecule has 2 fully saturated rings. The van der Waals surface area contributed by atoms with Crippen LogP contribution in [0, 0.1) is 16.0 Å². The van der Waals surface area contributed by atoms with Gasteiger partial charge in [-0.05, 0) is 37.7 Å². The van der Waals surface area contributed by atoms with Gasteiger partial charge in [-0.1, -0.05) is 12.8 Å². The van der Waals surface area contributed by atoms with E-state index in [1.54, 1.807) is 0 Å². The lowest BCUT2D eigenvalue weighted by Gasteiger charge is -2.44. The second-order valence-electron chi connectivity index (χ2n) is 6.73. The van der Waals surface area contributed by atoms with Gasteiger partial charge in [-0.25, -0.2) is 0 Å². The van der Waals surface area contributed by atoms with Crippen LogP contribution in [0.25, 0.3) is 0 Å². The van der Waals surface area contributed by atoms with Crippen molar-refractivity contribution in [1.29, 1.82) is 0 Å². The molecule has 2 unspecified atom stereocenters. The Bertz CT molecular complexity index is 673. The molecule has 1 saturated carbocycles. The minimum absolute atomic E-state index is 0.0770. The van der Waals surface area contributed by atoms with Crippen LogP contribution in [0.2, 0.25) is 0 Å². The Morgan fingerprint density at radius 2 is 2.04 bits per heavy atom. The van der Waals surface area contributed by atoms with Gasteiger partial charge in [0, 0.05) is 24.7 Å². The predicted molar refractivity (Wildman–Crippen MR) is 90.7 cm³/mol. The number of fused-ring (bicyclic) bond motifs is 1. The largest absolute Gasteiger partial charge is 0.483 e. The van der Waals surface area contributed by atoms with Crippen LogP contribution < -0.4 is 4.74 Å². The van der Waals surface area contributed by atoms with Crippen LogP contribution in [0.4, 0.5) is 5.69 Å². The highest BCUT2D eigenvalue weighted by Gasteiger charge is 2.35. The Hall–Kier alpha value is -2.44. The lowest BCUT2D eigenvalue weighted by molar-refractivity contribution is -0.384. The number of hydrogen-bond donors (Lipinski definition) is 0. The molecule has 1 saturated heterocycles. The maximum atomic E-state index is 12.6. The fourth-order valence-electron chi connectivity index (χ4n) is 4.03. The van der Waals surface area contributed by atoms with E-state index in [9.17, 15) is 19.7 Å². The highest BCUT2D eigenvalue weighted by atomic mass is 16.6. The molecule has 0 radical (unpaired) electrons. The summed E-state index contributed by atoms with van der Waals surface area (Å²) >= 11 is 0. The number of non-ortho nitro benzene ring substituents is 1. The van der Waals surface area contributed by atoms with Crippen molar-refractivity contribution in [3.63, 3.8) is 0 Å². The van der Waals surface area contributed by atoms with Crippen molar-refractivity contribution in [2.75, 3.05) is 13.2 Å². The van der Waals surface area contributed by atoms with Crippen LogP contribution in [-0.2, 0) is 4.79 Å². The van der Waals surface area contributed by atoms with Crippen LogP contribution in [0.5, 0.6) is 5.75 Å². The average molecular weight is 346 g/mol. The van der Waals surface area contributed by atoms with Gasteiger partial charge in [0.05, 0.1) is 10.5 Å². The molecule has 0 bridgehead atoms. The first-order chi connectivity index (χ1) is 12.1. The molecule has 25 heavy (non-hydrogen) atoms. The molecule has 0 aromatic heterocycles. The summed E-state index contributed by atoms with van der Waals surface area (Å²) in [5.74, 6) is 0.717. The smallest absolute Gasteiger partial charge is 0.270 e. The number of carbonyl (C=O) groups is 2. The van der Waals surface area contributed by atoms with Crippen molar-refractivity contribution < 1.29 is 19.2 Å². The van der Waals surface area contributed by atoms with Crippen molar-refractivity contribution in [3.05, 3.63) is 33.9 Å². The Labute approximate surface area is 146 Å². The zero-order valence-electron chi connectivity index (χ0n) is 14.1. The summed E-state index contributed by atoms with van der Waals surface area (Å²) in [7, 11) is 0. The Kier molecular flexibility index (Phi) is 5.31. The summed E-state index contributed by atoms with van der Waals surface area (Å²) in [4.78, 5) is 35.9. The molecule has 7 nitrogen and oxygen atoms in total. The molecule has 2 atom stereocenters. The zero-order chi connectivity index (χ0) is 17.8. The van der Waals surface area contributed by atoms with Crippen molar-refractivity contribution in [1.82, 2.24) is 4.90 Å². The predicted octanol–water partition coefficient (Wildman–Crippen LogP) is 2.97. The highest BCUT2D eigenvalue weighted by Crippen LogP contribution is 2.35. The normalized spacial score (nSPS) is 22.8. The summed E-state index contributed by atoms with van der Waals surface area (Å²) in [6.45, 7) is 0.603. The molecule has 0 N–H and O–H groups in total. The van der Waals surface area contributed by atoms with Gasteiger partial charge < -0.3 is 9.64 Å². The molecule has 1 heterocycles. The molecule has 134 valence electrons. The Morgan fingerprint density at radius 1 is 1.28 bits per heavy atom. The number of likely N-dealkylation sites (tertiary alicyclic amines) is 1. The third-order valence-corrected chi connectivity index (χ3v) is 5.25. The number of ether oxygens (including phenoxy) is 1. The number of nitro benzene ring substituents is 1. The van der Waals surface area contributed by atoms with Crippen LogP contribution in [0.1, 0.15) is 48.9 Å². The topological polar surface area (TPSA) is 89.7 Å². The van der Waals surface area contributed by atoms with E-state index in [4.69, 9.17) is 4.74 Å². The Morgan fingerprint density at radius 3 is 2.80 bits per heavy atom. The molecule has 1 amide bonds. The molecule has 7 heteroatoms. The van der Waals surface area contributed by atoms with E-state index < -0.39 is 4.92 Å². The summed E-state index contributed by atoms with van der Waals surface area (Å²) in [6, 6.07) is 4.10. The standard InChI is InChI=1S/C18H22N2O5/c21-11-14-10-15(20(23)24)7-8-17(14)25-12-18(22)19-9-3-5-13-4-1-2-6-16(13)19/h7-8,10-11,13,16H,1-6,9,12H2. The fraction of sp³-hybridized carbons (Fsp3) is 0.556. The van der Waals surface area contributed by atoms with Crippen LogP contribution >= 0.6 is 0 Å². The number of hydrogen-bond acceptors (Lipinski definition) is 5. The van der Waals surface area contributed by atoms with E-state index in [1.165, 1.54) is 31.4 Å². The third-order valence-electron chi connectivity index (χ3n) is 5.25. The van der Waals surface area contributed by atoms with Crippen LogP contribution in [0.15, 0.2) is 18.2 Å². The summed E-state index contributed by atoms with van der Waals surface area (Å²) in [5.41, 5.74) is -0.0990. The second kappa shape index (κ2) is 7.63. The van der Waals surface area contributed by atoms with Gasteiger partial charge in [-0.3, -0.25) is 19.7 Å². The number of rotatable bonds is 5. The van der Waals surface area contributed by atoms with Gasteiger partial charge in [0.2, 0.25) is 0 Å². The van der Waals surface area contributed by atoms with E-state index in [0.717, 1.165) is 31.9 Å². The maximum absolute atomic E-state index is 12.6. The minimum Gasteiger partial charge on any atom is -0.483 e. The van der Waals surface area contributed by atoms with E-state index >= 15 is 0 Å². The number of amides is 1. The first-order valence-electron chi connectivity index (χ1n) is 8.76. The summed E-state index contributed by atoms with van der Waals surface area (Å²) < 4.78 is 5.51. The van der Waals surface area contributed by atoms with Crippen LogP contribution in [0.3, 0.4) is 0 Å². The zero-order valence-corrected chi connectivity index (χ0v) is 14.1. The van der Waals surface area contributed by atoms with Gasteiger partial charge in [-0.15, -0.1) is 0 Å². The quantitative estimate of drug-likeness (QED) is 0.464. The number of nitrogens with zero attached hydrogens (tertiary/aromatic N) is 2. The average Bonchev–Trinajstić information content (AvgIpc) is 2.65. The van der Waals surface area contributed by atoms with Gasteiger partial charge >= 0.3 is 0 Å². The van der Waals surface area contributed by atoms with E-state index in [1.807, 2.05) is 4.90 Å². The van der Waals surface area contributed by atoms with Gasteiger partial charge in [-0.2, -0.15) is 0 Å². The maximum Gasteiger partial charge on any atom is 0.270 e. The molecule has 3 rings (SSSR count). The van der Waals surface area contributed by atoms with Crippen molar-refractivity contribution in [3.8, 4) is 5.75 Å². The number of piperidine rings is 1. The molecular formula is C18H22N2O5. The molecule has 2 aliphatic rings. The van der Waals surface area contributed by atoms with Gasteiger partial charge in [0.25, 0.3) is 11.6 Å². The van der Waals surface area contributed by atoms with E-state index in [2.05, 4.69) is 0 Å². The monoisotopic (exact) mass is 346 g/mol. The lowest BCUT2D eigenvalue weighted by Crippen LogP contribution is -2.51. The van der Waals surface area contributed by atoms with Gasteiger partial charge in [0.1, 0.15) is 5.75 Å². The van der Waals surface area contributed by atoms with Gasteiger partial charge in [0.15, 0.2) is 12.9 Å². The molecule has 1 aromatic rings. The van der Waals surface area contributed by atoms with Crippen molar-refractivity contribution in [2.45, 2.75) is 44.6 Å². The number of carbonyl (C=O) groups excluding carboxylic acids is 2. The highest BCUT2D eigenvalue weighted by molar-refractivity contribution is 5.82. The molecular weight excluding hydrogens is 324 g/mol. The Balaban J connectivity index is 1.65. The minimum atomic E-state index is -0.571. The third kappa shape index (κ3) is 3.81. The van der Waals surface area contributed by atoms with E-state index in [-0.39, 0.29) is 29.5 Å². The molecule has 1 aliphatic carbocycles. The first kappa shape index (κ1) is 17.4. The molecule has 1 aromatic carbocycles. The lowest BCUT2D eigenvalue weighted by atomic mass is 9.78. The first-order valence-corrected chi connectivity index (χ1v) is 8.76. The van der Waals surface area contributed by atoms with Crippen molar-refractivity contribution >= 4 is 17.9 Å². The molecule has 1 aliphatic heterocycles. The second-order valence-corrected chi connectivity index (χ2v) is 6.73. The number of nitro groups is 1. The van der Waals surface area contributed by atoms with Crippen LogP contribution in [-0.4, -0.2) is 41.2 Å². The number of benzene rings is 1. The summed E-state index contributed by atoms with van der Waals surface area (Å²) in [6.07, 6.45) is 7.34. The SMILES string of the molecule is O=Cc1cc([N+](=O)[O-])ccc1OCC(=O)N1CCCC2CCCCC21. The molecule has 0 spiro atoms. The number of aldehydes is 1. The van der Waals surface area contributed by atoms with E-state index in [0.29, 0.717) is 18.2 Å². The van der Waals surface area contributed by atoms with Crippen molar-refractivity contribution in [2.24, 2.45) is 5.92 Å². The summed E-state index contributed by atoms with van der Waals surface area (Å²) in [5, 5.41) is 10.8. The fourth-order valence-corrected chi connectivity index (χ4v) is 4.03.